The van der Waals surface area contributed by atoms with E-state index in [-0.39, 0.29) is 29.9 Å². The number of alkyl carbamates (subject to hydrolysis) is 1. The minimum Gasteiger partial charge on any atom is -0.450 e. The van der Waals surface area contributed by atoms with Crippen LogP contribution < -0.4 is 22.1 Å². The Morgan fingerprint density at radius 3 is 2.27 bits per heavy atom. The lowest BCUT2D eigenvalue weighted by Gasteiger charge is -2.29. The molecule has 3 atom stereocenters. The maximum Gasteiger partial charge on any atom is 0.407 e. The van der Waals surface area contributed by atoms with Gasteiger partial charge < -0.3 is 31.7 Å². The van der Waals surface area contributed by atoms with Gasteiger partial charge in [-0.05, 0) is 65.6 Å². The molecule has 0 aromatic heterocycles. The average Bonchev–Trinajstić information content (AvgIpc) is 3.25. The van der Waals surface area contributed by atoms with Crippen LogP contribution in [-0.4, -0.2) is 61.2 Å². The molecule has 252 valence electrons. The maximum absolute atomic E-state index is 14.3. The summed E-state index contributed by atoms with van der Waals surface area (Å²) in [6, 6.07) is 34.4. The molecule has 0 radical (unpaired) electrons. The van der Waals surface area contributed by atoms with Crippen molar-refractivity contribution < 1.29 is 14.3 Å². The summed E-state index contributed by atoms with van der Waals surface area (Å²) in [5.41, 5.74) is 14.5. The van der Waals surface area contributed by atoms with Gasteiger partial charge in [0.05, 0.1) is 18.7 Å². The number of carbonyl (C=O) groups excluding carboxylic acids is 2. The van der Waals surface area contributed by atoms with Crippen LogP contribution in [-0.2, 0) is 9.53 Å². The van der Waals surface area contributed by atoms with Gasteiger partial charge in [-0.1, -0.05) is 104 Å². The molecule has 6 N–H and O–H groups in total. The summed E-state index contributed by atoms with van der Waals surface area (Å²) in [6.45, 7) is 3.91. The standard InChI is InChI=1S/C39H48N6O3/c1-2-24-48-39(47)44-36(32-20-19-28-12-9-10-17-31(28)25-32)26-33-21-23-45(37(46)35(43-33)18-11-22-42-38(40)41)27-34(29-13-5-3-6-14-29)30-15-7-4-8-16-30/h3-10,12-17,19-20,25,33-36,43H,2,11,18,21-24,26-27H2,1H3,(H,44,47)(H4,40,41,42)/t33-,35+,36?/m1/s1. The third-order valence-corrected chi connectivity index (χ3v) is 8.97. The molecule has 0 aliphatic carbocycles. The van der Waals surface area contributed by atoms with Crippen molar-refractivity contribution in [3.63, 3.8) is 0 Å². The van der Waals surface area contributed by atoms with Crippen molar-refractivity contribution in [1.29, 1.82) is 0 Å². The van der Waals surface area contributed by atoms with Crippen LogP contribution in [0.2, 0.25) is 0 Å². The predicted molar refractivity (Wildman–Crippen MR) is 193 cm³/mol. The monoisotopic (exact) mass is 648 g/mol. The fourth-order valence-corrected chi connectivity index (χ4v) is 6.52. The molecule has 4 aromatic rings. The molecule has 0 spiro atoms. The number of carbonyl (C=O) groups is 2. The molecular formula is C39H48N6O3. The summed E-state index contributed by atoms with van der Waals surface area (Å²) in [6.07, 6.45) is 2.84. The molecule has 1 aliphatic heterocycles. The zero-order valence-corrected chi connectivity index (χ0v) is 27.8. The quantitative estimate of drug-likeness (QED) is 0.0770. The van der Waals surface area contributed by atoms with Crippen LogP contribution in [0.15, 0.2) is 108 Å². The van der Waals surface area contributed by atoms with Crippen LogP contribution in [0.4, 0.5) is 4.79 Å². The highest BCUT2D eigenvalue weighted by molar-refractivity contribution is 5.84. The van der Waals surface area contributed by atoms with E-state index in [9.17, 15) is 9.59 Å². The van der Waals surface area contributed by atoms with E-state index >= 15 is 0 Å². The van der Waals surface area contributed by atoms with Crippen molar-refractivity contribution in [3.05, 3.63) is 120 Å². The van der Waals surface area contributed by atoms with E-state index in [4.69, 9.17) is 16.2 Å². The van der Waals surface area contributed by atoms with Crippen molar-refractivity contribution in [2.75, 3.05) is 26.2 Å². The normalized spacial score (nSPS) is 17.1. The van der Waals surface area contributed by atoms with Gasteiger partial charge >= 0.3 is 6.09 Å². The highest BCUT2D eigenvalue weighted by atomic mass is 16.5. The van der Waals surface area contributed by atoms with E-state index in [1.165, 1.54) is 11.1 Å². The Balaban J connectivity index is 1.41. The molecule has 1 fully saturated rings. The average molecular weight is 649 g/mol. The highest BCUT2D eigenvalue weighted by Crippen LogP contribution is 2.29. The van der Waals surface area contributed by atoms with E-state index in [1.54, 1.807) is 0 Å². The Morgan fingerprint density at radius 2 is 1.60 bits per heavy atom. The number of benzene rings is 4. The van der Waals surface area contributed by atoms with Gasteiger partial charge in [-0.25, -0.2) is 4.79 Å². The van der Waals surface area contributed by atoms with E-state index in [2.05, 4.69) is 70.2 Å². The lowest BCUT2D eigenvalue weighted by atomic mass is 9.90. The summed E-state index contributed by atoms with van der Waals surface area (Å²) in [5, 5.41) is 9.06. The summed E-state index contributed by atoms with van der Waals surface area (Å²) in [5.74, 6) is 0.134. The molecule has 1 heterocycles. The Kier molecular flexibility index (Phi) is 12.4. The van der Waals surface area contributed by atoms with Gasteiger partial charge in [0.2, 0.25) is 5.91 Å². The van der Waals surface area contributed by atoms with E-state index < -0.39 is 12.1 Å². The molecular weight excluding hydrogens is 600 g/mol. The molecule has 1 saturated heterocycles. The molecule has 0 bridgehead atoms. The second kappa shape index (κ2) is 17.3. The first-order chi connectivity index (χ1) is 23.4. The van der Waals surface area contributed by atoms with Gasteiger partial charge in [-0.2, -0.15) is 0 Å². The van der Waals surface area contributed by atoms with Gasteiger partial charge in [0.15, 0.2) is 5.96 Å². The molecule has 48 heavy (non-hydrogen) atoms. The zero-order valence-electron chi connectivity index (χ0n) is 27.8. The highest BCUT2D eigenvalue weighted by Gasteiger charge is 2.34. The van der Waals surface area contributed by atoms with E-state index in [0.717, 1.165) is 29.2 Å². The predicted octanol–water partition coefficient (Wildman–Crippen LogP) is 5.85. The number of rotatable bonds is 14. The number of aliphatic imine (C=N–C) groups is 1. The van der Waals surface area contributed by atoms with Crippen molar-refractivity contribution >= 4 is 28.7 Å². The third kappa shape index (κ3) is 9.58. The smallest absolute Gasteiger partial charge is 0.407 e. The minimum atomic E-state index is -0.441. The molecule has 1 aliphatic rings. The number of ether oxygens (including phenoxy) is 1. The number of hydrogen-bond donors (Lipinski definition) is 4. The second-order valence-corrected chi connectivity index (χ2v) is 12.5. The molecule has 9 nitrogen and oxygen atoms in total. The third-order valence-electron chi connectivity index (χ3n) is 8.97. The Morgan fingerprint density at radius 1 is 0.938 bits per heavy atom. The molecule has 0 saturated carbocycles. The SMILES string of the molecule is CCCOC(=O)NC(C[C@H]1CCN(CC(c2ccccc2)c2ccccc2)C(=O)[C@H](CCCN=C(N)N)N1)c1ccc2ccccc2c1. The first-order valence-electron chi connectivity index (χ1n) is 17.0. The fourth-order valence-electron chi connectivity index (χ4n) is 6.52. The topological polar surface area (TPSA) is 135 Å². The number of nitrogens with zero attached hydrogens (tertiary/aromatic N) is 2. The van der Waals surface area contributed by atoms with Crippen molar-refractivity contribution in [1.82, 2.24) is 15.5 Å². The van der Waals surface area contributed by atoms with Gasteiger partial charge in [0.25, 0.3) is 0 Å². The largest absolute Gasteiger partial charge is 0.450 e. The molecule has 4 aromatic carbocycles. The van der Waals surface area contributed by atoms with Crippen LogP contribution in [0.1, 0.15) is 67.7 Å². The Labute approximate surface area is 283 Å². The van der Waals surface area contributed by atoms with Gasteiger partial charge in [-0.15, -0.1) is 0 Å². The van der Waals surface area contributed by atoms with Crippen LogP contribution >= 0.6 is 0 Å². The number of amides is 2. The zero-order chi connectivity index (χ0) is 33.7. The second-order valence-electron chi connectivity index (χ2n) is 12.5. The van der Waals surface area contributed by atoms with Gasteiger partial charge in [0, 0.05) is 31.6 Å². The molecule has 9 heteroatoms. The fraction of sp³-hybridized carbons (Fsp3) is 0.359. The maximum atomic E-state index is 14.3. The summed E-state index contributed by atoms with van der Waals surface area (Å²) in [7, 11) is 0. The summed E-state index contributed by atoms with van der Waals surface area (Å²) < 4.78 is 5.45. The lowest BCUT2D eigenvalue weighted by molar-refractivity contribution is -0.133. The van der Waals surface area contributed by atoms with Crippen LogP contribution in [0.25, 0.3) is 10.8 Å². The molecule has 1 unspecified atom stereocenters. The van der Waals surface area contributed by atoms with Gasteiger partial charge in [-0.3, -0.25) is 9.79 Å². The van der Waals surface area contributed by atoms with Gasteiger partial charge in [0.1, 0.15) is 0 Å². The number of nitrogens with one attached hydrogen (secondary N) is 2. The van der Waals surface area contributed by atoms with Crippen LogP contribution in [0.3, 0.4) is 0 Å². The van der Waals surface area contributed by atoms with Crippen molar-refractivity contribution in [3.8, 4) is 0 Å². The Hall–Kier alpha value is -4.89. The van der Waals surface area contributed by atoms with Crippen molar-refractivity contribution in [2.45, 2.75) is 63.1 Å². The first-order valence-corrected chi connectivity index (χ1v) is 17.0. The minimum absolute atomic E-state index is 0.0236. The van der Waals surface area contributed by atoms with Crippen LogP contribution in [0.5, 0.6) is 0 Å². The van der Waals surface area contributed by atoms with Crippen LogP contribution in [0, 0.1) is 0 Å². The number of hydrogen-bond acceptors (Lipinski definition) is 5. The number of fused-ring (bicyclic) bond motifs is 1. The summed E-state index contributed by atoms with van der Waals surface area (Å²) >= 11 is 0. The summed E-state index contributed by atoms with van der Waals surface area (Å²) in [4.78, 5) is 33.4. The number of nitrogens with two attached hydrogens (primary N) is 2. The Bertz CT molecular complexity index is 1600. The first kappa shape index (κ1) is 34.4. The van der Waals surface area contributed by atoms with E-state index in [1.807, 2.05) is 60.4 Å². The molecule has 5 rings (SSSR count). The lowest BCUT2D eigenvalue weighted by Crippen LogP contribution is -2.47. The van der Waals surface area contributed by atoms with Crippen molar-refractivity contribution in [2.24, 2.45) is 16.5 Å². The molecule has 2 amide bonds. The number of guanidine groups is 1. The van der Waals surface area contributed by atoms with E-state index in [0.29, 0.717) is 45.5 Å².